The van der Waals surface area contributed by atoms with Crippen LogP contribution >= 0.6 is 12.4 Å². The Morgan fingerprint density at radius 2 is 2.19 bits per heavy atom. The van der Waals surface area contributed by atoms with E-state index in [1.807, 2.05) is 6.92 Å². The van der Waals surface area contributed by atoms with E-state index in [9.17, 15) is 13.9 Å². The molecule has 1 saturated heterocycles. The number of hydrogen-bond acceptors (Lipinski definition) is 7. The van der Waals surface area contributed by atoms with E-state index >= 15 is 0 Å². The molecule has 4 N–H and O–H groups in total. The van der Waals surface area contributed by atoms with Crippen LogP contribution in [-0.2, 0) is 0 Å². The van der Waals surface area contributed by atoms with E-state index in [-0.39, 0.29) is 36.1 Å². The van der Waals surface area contributed by atoms with Crippen molar-refractivity contribution in [2.45, 2.75) is 51.4 Å². The molecule has 0 spiro atoms. The van der Waals surface area contributed by atoms with Gasteiger partial charge in [-0.3, -0.25) is 4.57 Å². The van der Waals surface area contributed by atoms with Crippen LogP contribution in [0.15, 0.2) is 6.33 Å². The Hall–Kier alpha value is -1.78. The van der Waals surface area contributed by atoms with Gasteiger partial charge in [0.25, 0.3) is 0 Å². The van der Waals surface area contributed by atoms with Gasteiger partial charge in [-0.15, -0.1) is 12.4 Å². The molecular weight excluding hydrogens is 368 g/mol. The number of nitrogens with one attached hydrogen (secondary N) is 3. The fourth-order valence-corrected chi connectivity index (χ4v) is 2.93. The highest BCUT2D eigenvalue weighted by atomic mass is 35.5. The number of aliphatic hydroxyl groups is 1. The van der Waals surface area contributed by atoms with Crippen LogP contribution in [0.3, 0.4) is 0 Å². The molecule has 3 rings (SSSR count). The average Bonchev–Trinajstić information content (AvgIpc) is 3.21. The predicted molar refractivity (Wildman–Crippen MR) is 98.1 cm³/mol. The highest BCUT2D eigenvalue weighted by Gasteiger charge is 2.22. The van der Waals surface area contributed by atoms with Crippen molar-refractivity contribution in [3.05, 3.63) is 6.33 Å². The molecule has 3 heterocycles. The highest BCUT2D eigenvalue weighted by Crippen LogP contribution is 2.26. The summed E-state index contributed by atoms with van der Waals surface area (Å²) in [6, 6.07) is -0.122. The van der Waals surface area contributed by atoms with Crippen LogP contribution in [0.4, 0.5) is 20.5 Å². The largest absolute Gasteiger partial charge is 0.391 e. The lowest BCUT2D eigenvalue weighted by Gasteiger charge is -2.20. The maximum Gasteiger partial charge on any atom is 0.321 e. The molecule has 0 amide bonds. The first-order valence-corrected chi connectivity index (χ1v) is 8.44. The van der Waals surface area contributed by atoms with Gasteiger partial charge in [-0.05, 0) is 26.3 Å². The van der Waals surface area contributed by atoms with Gasteiger partial charge < -0.3 is 21.1 Å². The number of aliphatic hydroxyl groups excluding tert-OH is 1. The van der Waals surface area contributed by atoms with Crippen LogP contribution in [0.2, 0.25) is 0 Å². The minimum atomic E-state index is -2.74. The molecular formula is C15H24ClF2N7O. The van der Waals surface area contributed by atoms with Crippen molar-refractivity contribution in [2.75, 3.05) is 23.7 Å². The second-order valence-electron chi connectivity index (χ2n) is 6.23. The molecule has 1 fully saturated rings. The summed E-state index contributed by atoms with van der Waals surface area (Å²) < 4.78 is 27.2. The van der Waals surface area contributed by atoms with E-state index in [0.29, 0.717) is 22.3 Å². The van der Waals surface area contributed by atoms with Gasteiger partial charge in [0.15, 0.2) is 17.0 Å². The van der Waals surface area contributed by atoms with E-state index in [1.165, 1.54) is 0 Å². The van der Waals surface area contributed by atoms with Crippen LogP contribution in [-0.4, -0.2) is 55.9 Å². The predicted octanol–water partition coefficient (Wildman–Crippen LogP) is 1.99. The summed E-state index contributed by atoms with van der Waals surface area (Å²) in [4.78, 5) is 12.7. The van der Waals surface area contributed by atoms with Crippen LogP contribution in [0.5, 0.6) is 0 Å². The molecule has 1 aliphatic rings. The molecule has 0 unspecified atom stereocenters. The monoisotopic (exact) mass is 391 g/mol. The smallest absolute Gasteiger partial charge is 0.321 e. The van der Waals surface area contributed by atoms with Gasteiger partial charge in [0.2, 0.25) is 5.95 Å². The molecule has 0 saturated carbocycles. The number of hydrogen-bond donors (Lipinski definition) is 4. The van der Waals surface area contributed by atoms with Crippen molar-refractivity contribution in [2.24, 2.45) is 0 Å². The fourth-order valence-electron chi connectivity index (χ4n) is 2.93. The van der Waals surface area contributed by atoms with Crippen molar-refractivity contribution in [1.82, 2.24) is 24.8 Å². The second-order valence-corrected chi connectivity index (χ2v) is 6.23. The molecule has 0 aromatic carbocycles. The molecule has 26 heavy (non-hydrogen) atoms. The first-order chi connectivity index (χ1) is 12.0. The average molecular weight is 392 g/mol. The Labute approximate surface area is 156 Å². The molecule has 2 aromatic heterocycles. The molecule has 1 aliphatic heterocycles. The van der Waals surface area contributed by atoms with Gasteiger partial charge in [-0.2, -0.15) is 18.7 Å². The molecule has 2 aromatic rings. The van der Waals surface area contributed by atoms with Crippen LogP contribution in [0.1, 0.15) is 33.2 Å². The van der Waals surface area contributed by atoms with Gasteiger partial charge in [0, 0.05) is 12.6 Å². The van der Waals surface area contributed by atoms with Gasteiger partial charge in [-0.1, -0.05) is 6.92 Å². The maximum atomic E-state index is 13.2. The molecule has 0 aliphatic carbocycles. The van der Waals surface area contributed by atoms with Gasteiger partial charge in [0.1, 0.15) is 6.33 Å². The topological polar surface area (TPSA) is 99.9 Å². The van der Waals surface area contributed by atoms with E-state index in [0.717, 1.165) is 25.8 Å². The van der Waals surface area contributed by atoms with E-state index in [4.69, 9.17) is 0 Å². The van der Waals surface area contributed by atoms with Crippen molar-refractivity contribution in [1.29, 1.82) is 0 Å². The number of aromatic nitrogens is 4. The lowest BCUT2D eigenvalue weighted by atomic mass is 10.1. The number of anilines is 2. The Balaban J connectivity index is 0.00000243. The fraction of sp³-hybridized carbons (Fsp3) is 0.667. The number of halogens is 3. The summed E-state index contributed by atoms with van der Waals surface area (Å²) in [5.41, 5.74) is 0.365. The third-order valence-corrected chi connectivity index (χ3v) is 4.37. The number of fused-ring (bicyclic) bond motifs is 1. The quantitative estimate of drug-likeness (QED) is 0.572. The SMILES string of the molecule is CC[C@H](Nc1nc(N[C@H]2CCNC2)c2ncn(C(F)F)c2n1)[C@@H](C)O.Cl. The van der Waals surface area contributed by atoms with Crippen molar-refractivity contribution in [3.63, 3.8) is 0 Å². The summed E-state index contributed by atoms with van der Waals surface area (Å²) in [5, 5.41) is 19.3. The third kappa shape index (κ3) is 4.30. The second kappa shape index (κ2) is 8.74. The summed E-state index contributed by atoms with van der Waals surface area (Å²) in [5.74, 6) is 0.608. The number of imidazole rings is 1. The summed E-state index contributed by atoms with van der Waals surface area (Å²) >= 11 is 0. The summed E-state index contributed by atoms with van der Waals surface area (Å²) in [7, 11) is 0. The van der Waals surface area contributed by atoms with Crippen molar-refractivity contribution < 1.29 is 13.9 Å². The Morgan fingerprint density at radius 3 is 2.77 bits per heavy atom. The molecule has 8 nitrogen and oxygen atoms in total. The summed E-state index contributed by atoms with van der Waals surface area (Å²) in [6.07, 6.45) is 2.00. The van der Waals surface area contributed by atoms with Gasteiger partial charge in [0.05, 0.1) is 12.1 Å². The lowest BCUT2D eigenvalue weighted by molar-refractivity contribution is 0.0740. The molecule has 0 bridgehead atoms. The molecule has 3 atom stereocenters. The zero-order valence-electron chi connectivity index (χ0n) is 14.6. The van der Waals surface area contributed by atoms with Crippen LogP contribution < -0.4 is 16.0 Å². The van der Waals surface area contributed by atoms with Crippen molar-refractivity contribution >= 4 is 35.3 Å². The van der Waals surface area contributed by atoms with E-state index in [2.05, 4.69) is 30.9 Å². The lowest BCUT2D eigenvalue weighted by Crippen LogP contribution is -2.31. The molecule has 11 heteroatoms. The summed E-state index contributed by atoms with van der Waals surface area (Å²) in [6.45, 7) is 2.49. The Morgan fingerprint density at radius 1 is 1.42 bits per heavy atom. The van der Waals surface area contributed by atoms with Gasteiger partial charge in [-0.25, -0.2) is 4.98 Å². The maximum absolute atomic E-state index is 13.2. The minimum Gasteiger partial charge on any atom is -0.391 e. The van der Waals surface area contributed by atoms with Crippen molar-refractivity contribution in [3.8, 4) is 0 Å². The zero-order chi connectivity index (χ0) is 18.0. The number of alkyl halides is 2. The normalized spacial score (nSPS) is 19.4. The number of rotatable bonds is 7. The number of nitrogens with zero attached hydrogens (tertiary/aromatic N) is 4. The zero-order valence-corrected chi connectivity index (χ0v) is 15.4. The first kappa shape index (κ1) is 20.5. The standard InChI is InChI=1S/C15H23F2N7O.ClH/c1-3-10(8(2)25)21-15-22-12(20-9-4-5-18-6-9)11-13(23-15)24(7-19-11)14(16)17;/h7-10,14,18,25H,3-6H2,1-2H3,(H2,20,21,22,23);1H/t8-,9+,10+;/m1./s1. The molecule has 146 valence electrons. The van der Waals surface area contributed by atoms with Crippen LogP contribution in [0, 0.1) is 0 Å². The third-order valence-electron chi connectivity index (χ3n) is 4.37. The minimum absolute atomic E-state index is 0. The van der Waals surface area contributed by atoms with Crippen LogP contribution in [0.25, 0.3) is 11.2 Å². The Bertz CT molecular complexity index is 721. The molecule has 0 radical (unpaired) electrons. The van der Waals surface area contributed by atoms with Gasteiger partial charge >= 0.3 is 6.55 Å². The Kier molecular flexibility index (Phi) is 6.90. The van der Waals surface area contributed by atoms with E-state index in [1.54, 1.807) is 6.92 Å². The highest BCUT2D eigenvalue weighted by molar-refractivity contribution is 5.85. The first-order valence-electron chi connectivity index (χ1n) is 8.44. The van der Waals surface area contributed by atoms with E-state index < -0.39 is 12.7 Å².